The van der Waals surface area contributed by atoms with E-state index in [1.807, 2.05) is 0 Å². The molecule has 0 spiro atoms. The van der Waals surface area contributed by atoms with Gasteiger partial charge in [-0.25, -0.2) is 0 Å². The van der Waals surface area contributed by atoms with Gasteiger partial charge >= 0.3 is 0 Å². The number of allylic oxidation sites excluding steroid dienone is 2. The predicted octanol–water partition coefficient (Wildman–Crippen LogP) is 7.56. The summed E-state index contributed by atoms with van der Waals surface area (Å²) in [5.41, 5.74) is 0. The third-order valence-electron chi connectivity index (χ3n) is 4.45. The molecule has 0 radical (unpaired) electrons. The van der Waals surface area contributed by atoms with Gasteiger partial charge in [-0.2, -0.15) is 0 Å². The molecule has 0 saturated carbocycles. The van der Waals surface area contributed by atoms with Crippen LogP contribution in [-0.4, -0.2) is 17.0 Å². The van der Waals surface area contributed by atoms with Crippen LogP contribution >= 0.6 is 15.9 Å². The lowest BCUT2D eigenvalue weighted by atomic mass is 10.1. The molecule has 0 atom stereocenters. The summed E-state index contributed by atoms with van der Waals surface area (Å²) in [6.45, 7) is 0.365. The largest absolute Gasteiger partial charge is 0.396 e. The first-order valence-electron chi connectivity index (χ1n) is 10.2. The number of aliphatic hydroxyl groups excluding tert-OH is 1. The van der Waals surface area contributed by atoms with Gasteiger partial charge in [-0.1, -0.05) is 98.7 Å². The van der Waals surface area contributed by atoms with Gasteiger partial charge in [-0.3, -0.25) is 0 Å². The summed E-state index contributed by atoms with van der Waals surface area (Å²) in [6, 6.07) is 0. The Morgan fingerprint density at radius 3 is 1.22 bits per heavy atom. The maximum absolute atomic E-state index is 8.70. The zero-order valence-electron chi connectivity index (χ0n) is 15.4. The highest BCUT2D eigenvalue weighted by atomic mass is 79.9. The van der Waals surface area contributed by atoms with E-state index in [0.717, 1.165) is 6.42 Å². The van der Waals surface area contributed by atoms with Gasteiger partial charge in [0.25, 0.3) is 0 Å². The van der Waals surface area contributed by atoms with Crippen LogP contribution in [-0.2, 0) is 0 Å². The number of alkyl halides is 1. The molecule has 0 rings (SSSR count). The van der Waals surface area contributed by atoms with Gasteiger partial charge in [-0.15, -0.1) is 0 Å². The molecule has 138 valence electrons. The van der Waals surface area contributed by atoms with E-state index >= 15 is 0 Å². The minimum Gasteiger partial charge on any atom is -0.396 e. The van der Waals surface area contributed by atoms with Gasteiger partial charge in [0.05, 0.1) is 0 Å². The number of unbranched alkanes of at least 4 members (excludes halogenated alkanes) is 15. The molecule has 0 aromatic heterocycles. The molecule has 1 nitrogen and oxygen atoms in total. The van der Waals surface area contributed by atoms with Crippen LogP contribution in [0.5, 0.6) is 0 Å². The molecular weight excluding hydrogens is 348 g/mol. The Kier molecular flexibility index (Phi) is 22.4. The number of aliphatic hydroxyl groups is 1. The highest BCUT2D eigenvalue weighted by Gasteiger charge is 1.92. The van der Waals surface area contributed by atoms with E-state index in [-0.39, 0.29) is 0 Å². The first-order valence-corrected chi connectivity index (χ1v) is 11.4. The first kappa shape index (κ1) is 23.2. The molecule has 0 aromatic rings. The number of halogens is 1. The Bertz CT molecular complexity index is 228. The van der Waals surface area contributed by atoms with E-state index in [9.17, 15) is 0 Å². The molecule has 23 heavy (non-hydrogen) atoms. The van der Waals surface area contributed by atoms with Crippen LogP contribution in [0, 0.1) is 0 Å². The van der Waals surface area contributed by atoms with Crippen molar-refractivity contribution in [2.24, 2.45) is 0 Å². The van der Waals surface area contributed by atoms with Crippen molar-refractivity contribution >= 4 is 15.9 Å². The lowest BCUT2D eigenvalue weighted by Gasteiger charge is -2.01. The highest BCUT2D eigenvalue weighted by Crippen LogP contribution is 2.11. The Hall–Kier alpha value is 0.180. The van der Waals surface area contributed by atoms with Crippen LogP contribution in [0.2, 0.25) is 0 Å². The Labute approximate surface area is 154 Å². The smallest absolute Gasteiger partial charge is 0.0431 e. The molecule has 0 aliphatic rings. The normalized spacial score (nSPS) is 11.6. The van der Waals surface area contributed by atoms with Crippen molar-refractivity contribution < 1.29 is 5.11 Å². The average Bonchev–Trinajstić information content (AvgIpc) is 2.57. The third kappa shape index (κ3) is 22.2. The quantitative estimate of drug-likeness (QED) is 0.137. The summed E-state index contributed by atoms with van der Waals surface area (Å²) in [5, 5.41) is 9.87. The van der Waals surface area contributed by atoms with Gasteiger partial charge in [0, 0.05) is 11.9 Å². The third-order valence-corrected chi connectivity index (χ3v) is 5.01. The molecule has 0 bridgehead atoms. The summed E-state index contributed by atoms with van der Waals surface area (Å²) < 4.78 is 0. The van der Waals surface area contributed by atoms with Crippen molar-refractivity contribution in [3.8, 4) is 0 Å². The molecule has 0 aromatic carbocycles. The second-order valence-corrected chi connectivity index (χ2v) is 7.56. The summed E-state index contributed by atoms with van der Waals surface area (Å²) in [6.07, 6.45) is 27.5. The second-order valence-electron chi connectivity index (χ2n) is 6.76. The molecular formula is C21H41BrO. The zero-order chi connectivity index (χ0) is 16.8. The van der Waals surface area contributed by atoms with Crippen molar-refractivity contribution in [3.63, 3.8) is 0 Å². The van der Waals surface area contributed by atoms with Crippen LogP contribution in [0.1, 0.15) is 109 Å². The van der Waals surface area contributed by atoms with E-state index in [0.29, 0.717) is 6.61 Å². The van der Waals surface area contributed by atoms with Crippen LogP contribution in [0.15, 0.2) is 12.2 Å². The number of hydrogen-bond acceptors (Lipinski definition) is 1. The lowest BCUT2D eigenvalue weighted by Crippen LogP contribution is -1.84. The second kappa shape index (κ2) is 22.2. The maximum atomic E-state index is 8.70. The molecule has 0 aliphatic carbocycles. The van der Waals surface area contributed by atoms with Crippen molar-refractivity contribution in [1.82, 2.24) is 0 Å². The SMILES string of the molecule is OCCCCCCCCCC/C=C\CCCCCCCCCBr. The molecule has 0 fully saturated rings. The zero-order valence-corrected chi connectivity index (χ0v) is 17.0. The van der Waals surface area contributed by atoms with Gasteiger partial charge in [-0.05, 0) is 38.5 Å². The van der Waals surface area contributed by atoms with Crippen LogP contribution in [0.3, 0.4) is 0 Å². The van der Waals surface area contributed by atoms with E-state index in [2.05, 4.69) is 28.1 Å². The Morgan fingerprint density at radius 2 is 0.826 bits per heavy atom. The maximum Gasteiger partial charge on any atom is 0.0431 e. The van der Waals surface area contributed by atoms with Crippen molar-refractivity contribution in [3.05, 3.63) is 12.2 Å². The van der Waals surface area contributed by atoms with Crippen LogP contribution < -0.4 is 0 Å². The molecule has 0 amide bonds. The van der Waals surface area contributed by atoms with Crippen molar-refractivity contribution in [1.29, 1.82) is 0 Å². The van der Waals surface area contributed by atoms with E-state index in [4.69, 9.17) is 5.11 Å². The van der Waals surface area contributed by atoms with E-state index in [1.165, 1.54) is 108 Å². The molecule has 0 heterocycles. The van der Waals surface area contributed by atoms with Crippen LogP contribution in [0.4, 0.5) is 0 Å². The van der Waals surface area contributed by atoms with E-state index < -0.39 is 0 Å². The molecule has 1 N–H and O–H groups in total. The molecule has 0 unspecified atom stereocenters. The summed E-state index contributed by atoms with van der Waals surface area (Å²) in [4.78, 5) is 0. The lowest BCUT2D eigenvalue weighted by molar-refractivity contribution is 0.282. The fourth-order valence-corrected chi connectivity index (χ4v) is 3.31. The van der Waals surface area contributed by atoms with E-state index in [1.54, 1.807) is 0 Å². The van der Waals surface area contributed by atoms with Gasteiger partial charge in [0.15, 0.2) is 0 Å². The minimum atomic E-state index is 0.365. The van der Waals surface area contributed by atoms with Crippen molar-refractivity contribution in [2.45, 2.75) is 109 Å². The standard InChI is InChI=1S/C21H41BrO/c22-20-18-16-14-12-10-8-6-4-2-1-3-5-7-9-11-13-15-17-19-21-23/h1-2,23H,3-21H2/b2-1-. The first-order chi connectivity index (χ1) is 11.4. The monoisotopic (exact) mass is 388 g/mol. The van der Waals surface area contributed by atoms with Gasteiger partial charge in [0.1, 0.15) is 0 Å². The summed E-state index contributed by atoms with van der Waals surface area (Å²) >= 11 is 3.49. The minimum absolute atomic E-state index is 0.365. The Morgan fingerprint density at radius 1 is 0.478 bits per heavy atom. The average molecular weight is 389 g/mol. The number of rotatable bonds is 19. The Balaban J connectivity index is 3.03. The predicted molar refractivity (Wildman–Crippen MR) is 109 cm³/mol. The number of hydrogen-bond donors (Lipinski definition) is 1. The fraction of sp³-hybridized carbons (Fsp3) is 0.905. The van der Waals surface area contributed by atoms with Crippen molar-refractivity contribution in [2.75, 3.05) is 11.9 Å². The topological polar surface area (TPSA) is 20.2 Å². The van der Waals surface area contributed by atoms with Gasteiger partial charge in [0.2, 0.25) is 0 Å². The van der Waals surface area contributed by atoms with Gasteiger partial charge < -0.3 is 5.11 Å². The summed E-state index contributed by atoms with van der Waals surface area (Å²) in [7, 11) is 0. The highest BCUT2D eigenvalue weighted by molar-refractivity contribution is 9.09. The molecule has 0 saturated heterocycles. The summed E-state index contributed by atoms with van der Waals surface area (Å²) in [5.74, 6) is 0. The molecule has 2 heteroatoms. The fourth-order valence-electron chi connectivity index (χ4n) is 2.91. The van der Waals surface area contributed by atoms with Crippen LogP contribution in [0.25, 0.3) is 0 Å². The molecule has 0 aliphatic heterocycles.